The summed E-state index contributed by atoms with van der Waals surface area (Å²) < 4.78 is 37.4. The minimum Gasteiger partial charge on any atom is -0.394 e. The van der Waals surface area contributed by atoms with Crippen molar-refractivity contribution in [1.29, 1.82) is 0 Å². The van der Waals surface area contributed by atoms with Crippen molar-refractivity contribution in [3.63, 3.8) is 0 Å². The average Bonchev–Trinajstić information content (AvgIpc) is 3.43. The minimum atomic E-state index is -1.61. The van der Waals surface area contributed by atoms with Gasteiger partial charge in [0.2, 0.25) is 0 Å². The summed E-state index contributed by atoms with van der Waals surface area (Å²) in [6, 6.07) is 4.49. The van der Waals surface area contributed by atoms with Crippen molar-refractivity contribution >= 4 is 28.7 Å². The van der Waals surface area contributed by atoms with Crippen LogP contribution >= 0.6 is 11.8 Å². The molecule has 3 aromatic rings. The Hall–Kier alpha value is -2.38. The fourth-order valence-corrected chi connectivity index (χ4v) is 5.18. The Bertz CT molecular complexity index is 1320. The number of anilines is 1. The topological polar surface area (TPSA) is 138 Å². The fraction of sp³-hybridized carbons (Fsp3) is 0.583. The zero-order valence-electron chi connectivity index (χ0n) is 22.0. The van der Waals surface area contributed by atoms with Crippen LogP contribution in [-0.4, -0.2) is 83.6 Å². The molecule has 2 aliphatic carbocycles. The molecule has 2 heterocycles. The highest BCUT2D eigenvalue weighted by Gasteiger charge is 2.45. The van der Waals surface area contributed by atoms with E-state index in [-0.39, 0.29) is 54.6 Å². The molecule has 5 rings (SSSR count). The van der Waals surface area contributed by atoms with Gasteiger partial charge in [-0.3, -0.25) is 0 Å². The lowest BCUT2D eigenvalue weighted by atomic mass is 10.1. The van der Waals surface area contributed by atoms with Crippen molar-refractivity contribution in [2.45, 2.75) is 74.6 Å². The first kappa shape index (κ1) is 22.8. The van der Waals surface area contributed by atoms with E-state index in [1.807, 2.05) is 6.07 Å². The van der Waals surface area contributed by atoms with Crippen molar-refractivity contribution in [3.05, 3.63) is 35.1 Å². The number of aromatic nitrogens is 5. The Labute approximate surface area is 215 Å². The molecule has 0 unspecified atom stereocenters. The summed E-state index contributed by atoms with van der Waals surface area (Å²) in [4.78, 5) is 9.08. The van der Waals surface area contributed by atoms with Gasteiger partial charge in [0.1, 0.15) is 18.0 Å². The van der Waals surface area contributed by atoms with Crippen LogP contribution in [0.5, 0.6) is 0 Å². The number of benzene rings is 1. The van der Waals surface area contributed by atoms with Gasteiger partial charge < -0.3 is 25.4 Å². The van der Waals surface area contributed by atoms with Gasteiger partial charge in [-0.25, -0.2) is 19.0 Å². The second-order valence-electron chi connectivity index (χ2n) is 9.18. The Kier molecular flexibility index (Phi) is 6.67. The summed E-state index contributed by atoms with van der Waals surface area (Å²) in [6.45, 7) is 3.26. The van der Waals surface area contributed by atoms with E-state index >= 15 is 0 Å². The molecule has 0 radical (unpaired) electrons. The van der Waals surface area contributed by atoms with Gasteiger partial charge in [0.15, 0.2) is 22.1 Å². The highest BCUT2D eigenvalue weighted by Crippen LogP contribution is 2.44. The number of aliphatic hydroxyl groups excluding tert-OH is 3. The third-order valence-corrected chi connectivity index (χ3v) is 7.48. The Morgan fingerprint density at radius 3 is 2.86 bits per heavy atom. The van der Waals surface area contributed by atoms with Gasteiger partial charge in [-0.15, -0.1) is 5.10 Å². The molecule has 10 nitrogen and oxygen atoms in total. The summed E-state index contributed by atoms with van der Waals surface area (Å²) in [7, 11) is 0. The van der Waals surface area contributed by atoms with E-state index in [4.69, 9.17) is 12.6 Å². The molecule has 0 spiro atoms. The number of thioether (sulfide) groups is 1. The quantitative estimate of drug-likeness (QED) is 0.232. The largest absolute Gasteiger partial charge is 0.394 e. The summed E-state index contributed by atoms with van der Waals surface area (Å²) in [6.07, 6.45) is -1.88. The van der Waals surface area contributed by atoms with Gasteiger partial charge in [0.25, 0.3) is 0 Å². The number of ether oxygens (including phenoxy) is 1. The molecule has 36 heavy (non-hydrogen) atoms. The van der Waals surface area contributed by atoms with E-state index < -0.39 is 30.1 Å². The van der Waals surface area contributed by atoms with Gasteiger partial charge in [-0.05, 0) is 37.0 Å². The maximum absolute atomic E-state index is 14.1. The Morgan fingerprint density at radius 1 is 1.28 bits per heavy atom. The molecular weight excluding hydrogens is 487 g/mol. The van der Waals surface area contributed by atoms with Gasteiger partial charge in [-0.1, -0.05) is 36.0 Å². The maximum atomic E-state index is 14.1. The SMILES string of the molecule is [2H]C([2H])(CC)Sc1nc(N[C@@H]2C[C@H]2c2ccc(C)c(F)c2)c2nnn([C@@H]3C[C@H](OCCO)[C@@H](O)[C@H]3O)c2n1. The van der Waals surface area contributed by atoms with Crippen LogP contribution in [0.2, 0.25) is 0 Å². The molecule has 2 aliphatic rings. The highest BCUT2D eigenvalue weighted by molar-refractivity contribution is 7.99. The standard InChI is InChI=1S/C24H31FN6O4S/c1-3-8-36-24-27-22(26-16-10-14(16)13-5-4-12(2)15(25)9-13)19-23(28-24)31(30-29-19)17-11-18(35-7-6-32)21(34)20(17)33/h4-5,9,14,16-18,20-21,32-34H,3,6-8,10-11H2,1-2H3,(H,26,27,28)/t14-,16+,17+,18-,20-,21+/m0/s1/i8D2. The van der Waals surface area contributed by atoms with Crippen LogP contribution in [0.1, 0.15) is 52.0 Å². The third kappa shape index (κ3) is 4.92. The average molecular weight is 521 g/mol. The lowest BCUT2D eigenvalue weighted by molar-refractivity contribution is -0.0629. The van der Waals surface area contributed by atoms with Gasteiger partial charge in [0, 0.05) is 26.8 Å². The molecule has 0 bridgehead atoms. The predicted octanol–water partition coefficient (Wildman–Crippen LogP) is 2.18. The summed E-state index contributed by atoms with van der Waals surface area (Å²) >= 11 is 0.879. The molecule has 2 saturated carbocycles. The first-order valence-corrected chi connectivity index (χ1v) is 12.9. The van der Waals surface area contributed by atoms with Crippen LogP contribution in [0.4, 0.5) is 10.2 Å². The van der Waals surface area contributed by atoms with Crippen LogP contribution in [-0.2, 0) is 4.74 Å². The highest BCUT2D eigenvalue weighted by atomic mass is 32.2. The molecule has 1 aromatic carbocycles. The fourth-order valence-electron chi connectivity index (χ4n) is 4.63. The molecule has 2 aromatic heterocycles. The molecule has 0 saturated heterocycles. The van der Waals surface area contributed by atoms with E-state index in [2.05, 4.69) is 25.6 Å². The number of aryl methyl sites for hydroxylation is 1. The van der Waals surface area contributed by atoms with Crippen LogP contribution in [0.3, 0.4) is 0 Å². The molecule has 194 valence electrons. The third-order valence-electron chi connectivity index (χ3n) is 6.68. The summed E-state index contributed by atoms with van der Waals surface area (Å²) in [5.74, 6) is 0.205. The van der Waals surface area contributed by atoms with E-state index in [1.54, 1.807) is 26.0 Å². The van der Waals surface area contributed by atoms with E-state index in [0.29, 0.717) is 16.9 Å². The molecule has 0 amide bonds. The minimum absolute atomic E-state index is 0.0236. The number of fused-ring (bicyclic) bond motifs is 1. The number of hydrogen-bond donors (Lipinski definition) is 4. The molecule has 12 heteroatoms. The second-order valence-corrected chi connectivity index (χ2v) is 10.0. The van der Waals surface area contributed by atoms with Crippen molar-refractivity contribution in [2.75, 3.05) is 24.2 Å². The first-order valence-electron chi connectivity index (χ1n) is 13.0. The molecule has 4 N–H and O–H groups in total. The lowest BCUT2D eigenvalue weighted by Crippen LogP contribution is -2.33. The van der Waals surface area contributed by atoms with Crippen LogP contribution in [0, 0.1) is 12.7 Å². The van der Waals surface area contributed by atoms with E-state index in [9.17, 15) is 14.6 Å². The number of nitrogens with one attached hydrogen (secondary N) is 1. The number of halogens is 1. The molecule has 6 atom stereocenters. The van der Waals surface area contributed by atoms with Crippen LogP contribution in [0.25, 0.3) is 11.2 Å². The number of hydrogen-bond acceptors (Lipinski definition) is 10. The smallest absolute Gasteiger partial charge is 0.191 e. The number of aliphatic hydroxyl groups is 3. The molecular formula is C24H31FN6O4S. The molecule has 0 aliphatic heterocycles. The second kappa shape index (κ2) is 10.5. The summed E-state index contributed by atoms with van der Waals surface area (Å²) in [5.41, 5.74) is 0.483. The van der Waals surface area contributed by atoms with E-state index in [0.717, 1.165) is 23.7 Å². The van der Waals surface area contributed by atoms with Gasteiger partial charge in [-0.2, -0.15) is 0 Å². The molecule has 2 fully saturated rings. The van der Waals surface area contributed by atoms with E-state index in [1.165, 1.54) is 4.68 Å². The Balaban J connectivity index is 1.46. The van der Waals surface area contributed by atoms with Crippen molar-refractivity contribution in [1.82, 2.24) is 25.0 Å². The number of rotatable bonds is 10. The zero-order chi connectivity index (χ0) is 27.2. The Morgan fingerprint density at radius 2 is 2.11 bits per heavy atom. The van der Waals surface area contributed by atoms with Crippen molar-refractivity contribution < 1.29 is 27.2 Å². The van der Waals surface area contributed by atoms with Crippen LogP contribution in [0.15, 0.2) is 23.4 Å². The normalized spacial score (nSPS) is 28.8. The van der Waals surface area contributed by atoms with Crippen molar-refractivity contribution in [2.24, 2.45) is 0 Å². The van der Waals surface area contributed by atoms with Gasteiger partial charge >= 0.3 is 0 Å². The zero-order valence-corrected chi connectivity index (χ0v) is 20.8. The monoisotopic (exact) mass is 520 g/mol. The van der Waals surface area contributed by atoms with Gasteiger partial charge in [0.05, 0.1) is 25.4 Å². The summed E-state index contributed by atoms with van der Waals surface area (Å²) in [5, 5.41) is 42.3. The van der Waals surface area contributed by atoms with Crippen LogP contribution < -0.4 is 5.32 Å². The van der Waals surface area contributed by atoms with Crippen molar-refractivity contribution in [3.8, 4) is 0 Å². The lowest BCUT2D eigenvalue weighted by Gasteiger charge is -2.17. The number of nitrogens with zero attached hydrogens (tertiary/aromatic N) is 5. The first-order chi connectivity index (χ1) is 18.1. The predicted molar refractivity (Wildman–Crippen MR) is 133 cm³/mol. The maximum Gasteiger partial charge on any atom is 0.191 e.